The number of anilines is 1. The van der Waals surface area contributed by atoms with E-state index < -0.39 is 11.8 Å². The second-order valence-electron chi connectivity index (χ2n) is 7.50. The quantitative estimate of drug-likeness (QED) is 0.262. The van der Waals surface area contributed by atoms with E-state index in [4.69, 9.17) is 5.84 Å². The lowest BCUT2D eigenvalue weighted by atomic mass is 9.84. The Morgan fingerprint density at radius 1 is 1.31 bits per heavy atom. The Bertz CT molecular complexity index is 805. The first-order valence-corrected chi connectivity index (χ1v) is 8.21. The average molecular weight is 360 g/mol. The van der Waals surface area contributed by atoms with Crippen molar-refractivity contribution in [1.29, 1.82) is 0 Å². The Balaban J connectivity index is 2.28. The van der Waals surface area contributed by atoms with Crippen molar-refractivity contribution < 1.29 is 14.8 Å². The minimum Gasteiger partial charge on any atom is -0.286 e. The average Bonchev–Trinajstić information content (AvgIpc) is 2.58. The third kappa shape index (κ3) is 4.93. The Kier molecular flexibility index (Phi) is 5.83. The van der Waals surface area contributed by atoms with Gasteiger partial charge in [-0.15, -0.1) is 10.2 Å². The number of nitrogens with zero attached hydrogens (tertiary/aromatic N) is 5. The van der Waals surface area contributed by atoms with Crippen LogP contribution in [0, 0.1) is 18.3 Å². The van der Waals surface area contributed by atoms with Crippen LogP contribution >= 0.6 is 0 Å². The Morgan fingerprint density at radius 2 is 2.00 bits per heavy atom. The van der Waals surface area contributed by atoms with Crippen molar-refractivity contribution in [2.45, 2.75) is 34.1 Å². The van der Waals surface area contributed by atoms with Crippen LogP contribution in [-0.4, -0.2) is 44.3 Å². The number of aryl methyl sites for hydroxylation is 1. The molecule has 0 radical (unpaired) electrons. The molecule has 0 aliphatic rings. The summed E-state index contributed by atoms with van der Waals surface area (Å²) in [6.07, 6.45) is 0.658. The molecule has 0 aliphatic heterocycles. The first-order valence-electron chi connectivity index (χ1n) is 8.21. The summed E-state index contributed by atoms with van der Waals surface area (Å²) >= 11 is 0. The molecule has 2 rings (SSSR count). The van der Waals surface area contributed by atoms with Gasteiger partial charge < -0.3 is 0 Å². The van der Waals surface area contributed by atoms with Crippen LogP contribution in [0.15, 0.2) is 18.2 Å². The largest absolute Gasteiger partial charge is 0.286 e. The van der Waals surface area contributed by atoms with Crippen LogP contribution in [0.5, 0.6) is 0 Å². The third-order valence-electron chi connectivity index (χ3n) is 3.79. The summed E-state index contributed by atoms with van der Waals surface area (Å²) in [5.41, 5.74) is 1.96. The van der Waals surface area contributed by atoms with Crippen LogP contribution in [0.2, 0.25) is 0 Å². The predicted molar refractivity (Wildman–Crippen MR) is 95.9 cm³/mol. The monoisotopic (exact) mass is 360 g/mol. The van der Waals surface area contributed by atoms with Crippen molar-refractivity contribution in [3.63, 3.8) is 0 Å². The Labute approximate surface area is 151 Å². The number of hydroxylamine groups is 2. The minimum atomic E-state index is -0.715. The molecule has 0 saturated heterocycles. The van der Waals surface area contributed by atoms with E-state index in [9.17, 15) is 14.8 Å². The van der Waals surface area contributed by atoms with Gasteiger partial charge in [0.2, 0.25) is 12.3 Å². The number of rotatable bonds is 6. The minimum absolute atomic E-state index is 0.0409. The summed E-state index contributed by atoms with van der Waals surface area (Å²) < 4.78 is 0. The number of carbonyl (C=O) groups excluding carboxylic acids is 2. The molecule has 9 nitrogen and oxygen atoms in total. The number of fused-ring (bicyclic) bond motifs is 1. The summed E-state index contributed by atoms with van der Waals surface area (Å²) in [6, 6.07) is 5.48. The molecule has 0 aliphatic carbocycles. The van der Waals surface area contributed by atoms with Gasteiger partial charge in [-0.25, -0.2) is 20.9 Å². The Morgan fingerprint density at radius 3 is 2.62 bits per heavy atom. The van der Waals surface area contributed by atoms with Gasteiger partial charge in [0.1, 0.15) is 5.52 Å². The molecule has 0 saturated carbocycles. The van der Waals surface area contributed by atoms with Crippen molar-refractivity contribution >= 4 is 29.3 Å². The number of hydrogen-bond acceptors (Lipinski definition) is 7. The molecule has 0 unspecified atom stereocenters. The second kappa shape index (κ2) is 7.71. The highest BCUT2D eigenvalue weighted by Gasteiger charge is 2.31. The van der Waals surface area contributed by atoms with Crippen LogP contribution in [0.1, 0.15) is 32.8 Å². The zero-order valence-electron chi connectivity index (χ0n) is 15.4. The van der Waals surface area contributed by atoms with Crippen molar-refractivity contribution in [1.82, 2.24) is 20.2 Å². The lowest BCUT2D eigenvalue weighted by Gasteiger charge is -2.28. The number of hydrazine groups is 1. The second-order valence-corrected chi connectivity index (χ2v) is 7.50. The van der Waals surface area contributed by atoms with Crippen LogP contribution in [-0.2, 0) is 9.59 Å². The van der Waals surface area contributed by atoms with Gasteiger partial charge >= 0.3 is 0 Å². The van der Waals surface area contributed by atoms with E-state index in [-0.39, 0.29) is 24.3 Å². The first-order chi connectivity index (χ1) is 12.1. The molecule has 0 spiro atoms. The molecule has 3 N–H and O–H groups in total. The van der Waals surface area contributed by atoms with E-state index in [1.807, 2.05) is 39.8 Å². The molecule has 2 aromatic rings. The fraction of sp³-hybridized carbons (Fsp3) is 0.471. The summed E-state index contributed by atoms with van der Waals surface area (Å²) in [5, 5.41) is 18.7. The van der Waals surface area contributed by atoms with Gasteiger partial charge in [-0.2, -0.15) is 0 Å². The molecule has 1 aromatic carbocycles. The van der Waals surface area contributed by atoms with Gasteiger partial charge in [0.15, 0.2) is 0 Å². The molecule has 9 heteroatoms. The molecule has 26 heavy (non-hydrogen) atoms. The van der Waals surface area contributed by atoms with Crippen molar-refractivity contribution in [2.75, 3.05) is 11.6 Å². The highest BCUT2D eigenvalue weighted by atomic mass is 16.5. The van der Waals surface area contributed by atoms with Gasteiger partial charge in [0, 0.05) is 0 Å². The summed E-state index contributed by atoms with van der Waals surface area (Å²) in [6.45, 7) is 7.61. The molecule has 0 bridgehead atoms. The third-order valence-corrected chi connectivity index (χ3v) is 3.79. The number of hydrogen-bond donors (Lipinski definition) is 2. The maximum atomic E-state index is 12.8. The van der Waals surface area contributed by atoms with Gasteiger partial charge in [-0.1, -0.05) is 26.8 Å². The highest BCUT2D eigenvalue weighted by Crippen LogP contribution is 2.26. The van der Waals surface area contributed by atoms with Gasteiger partial charge in [-0.3, -0.25) is 14.8 Å². The van der Waals surface area contributed by atoms with E-state index in [0.29, 0.717) is 22.5 Å². The first kappa shape index (κ1) is 19.7. The van der Waals surface area contributed by atoms with Crippen molar-refractivity contribution in [2.24, 2.45) is 17.2 Å². The lowest BCUT2D eigenvalue weighted by molar-refractivity contribution is -0.154. The van der Waals surface area contributed by atoms with E-state index >= 15 is 0 Å². The number of benzene rings is 1. The van der Waals surface area contributed by atoms with E-state index in [1.165, 1.54) is 0 Å². The van der Waals surface area contributed by atoms with Gasteiger partial charge in [-0.05, 0) is 36.5 Å². The topological polar surface area (TPSA) is 126 Å². The molecule has 0 fully saturated rings. The standard InChI is InChI=1S/C17H24N6O3/c1-11-5-6-13-14(7-11)20-21-16(19-13)23(18)15(25)12(8-17(2,3)4)9-22(26)10-24/h5-7,10,12,26H,8-9,18H2,1-4H3/t12-/m1/s1. The summed E-state index contributed by atoms with van der Waals surface area (Å²) in [4.78, 5) is 27.8. The van der Waals surface area contributed by atoms with Gasteiger partial charge in [0.25, 0.3) is 5.95 Å². The normalized spacial score (nSPS) is 12.7. The molecule has 1 atom stereocenters. The molecular weight excluding hydrogens is 336 g/mol. The number of amides is 2. The maximum absolute atomic E-state index is 12.8. The lowest BCUT2D eigenvalue weighted by Crippen LogP contribution is -2.46. The predicted octanol–water partition coefficient (Wildman–Crippen LogP) is 1.44. The number of carbonyl (C=O) groups is 2. The fourth-order valence-corrected chi connectivity index (χ4v) is 2.67. The highest BCUT2D eigenvalue weighted by molar-refractivity contribution is 5.93. The van der Waals surface area contributed by atoms with Crippen LogP contribution in [0.3, 0.4) is 0 Å². The zero-order chi connectivity index (χ0) is 19.5. The summed E-state index contributed by atoms with van der Waals surface area (Å²) in [7, 11) is 0. The SMILES string of the molecule is Cc1ccc2nc(N(N)C(=O)[C@@H](CN(O)C=O)CC(C)(C)C)nnc2c1. The summed E-state index contributed by atoms with van der Waals surface area (Å²) in [5.74, 6) is 4.67. The maximum Gasteiger partial charge on any atom is 0.267 e. The zero-order valence-corrected chi connectivity index (χ0v) is 15.4. The number of nitrogens with two attached hydrogens (primary N) is 1. The smallest absolute Gasteiger partial charge is 0.267 e. The van der Waals surface area contributed by atoms with E-state index in [0.717, 1.165) is 10.6 Å². The van der Waals surface area contributed by atoms with Gasteiger partial charge in [0.05, 0.1) is 18.0 Å². The van der Waals surface area contributed by atoms with E-state index in [2.05, 4.69) is 15.2 Å². The van der Waals surface area contributed by atoms with Crippen molar-refractivity contribution in [3.8, 4) is 0 Å². The molecule has 140 valence electrons. The molecule has 2 amide bonds. The van der Waals surface area contributed by atoms with Crippen LogP contribution < -0.4 is 10.9 Å². The molecule has 1 heterocycles. The number of aromatic nitrogens is 3. The molecular formula is C17H24N6O3. The van der Waals surface area contributed by atoms with Crippen LogP contribution in [0.4, 0.5) is 5.95 Å². The molecule has 1 aromatic heterocycles. The van der Waals surface area contributed by atoms with E-state index in [1.54, 1.807) is 6.07 Å². The Hall–Kier alpha value is -2.65. The van der Waals surface area contributed by atoms with Crippen LogP contribution in [0.25, 0.3) is 11.0 Å². The van der Waals surface area contributed by atoms with Crippen molar-refractivity contribution in [3.05, 3.63) is 23.8 Å². The fourth-order valence-electron chi connectivity index (χ4n) is 2.67.